The maximum absolute atomic E-state index is 5.94. The van der Waals surface area contributed by atoms with Gasteiger partial charge in [-0.05, 0) is 24.6 Å². The first-order valence-electron chi connectivity index (χ1n) is 5.72. The number of nitrogens with two attached hydrogens (primary N) is 1. The van der Waals surface area contributed by atoms with Gasteiger partial charge >= 0.3 is 0 Å². The largest absolute Gasteiger partial charge is 0.398 e. The zero-order chi connectivity index (χ0) is 11.8. The first-order valence-corrected chi connectivity index (χ1v) is 5.72. The van der Waals surface area contributed by atoms with Gasteiger partial charge in [-0.15, -0.1) is 10.2 Å². The van der Waals surface area contributed by atoms with Crippen LogP contribution in [0.1, 0.15) is 11.4 Å². The van der Waals surface area contributed by atoms with Crippen LogP contribution in [0.5, 0.6) is 0 Å². The minimum Gasteiger partial charge on any atom is -0.398 e. The van der Waals surface area contributed by atoms with Gasteiger partial charge in [0, 0.05) is 24.5 Å². The van der Waals surface area contributed by atoms with Crippen molar-refractivity contribution in [3.8, 4) is 0 Å². The number of nitrogens with zero attached hydrogens (tertiary/aromatic N) is 4. The Morgan fingerprint density at radius 3 is 3.00 bits per heavy atom. The van der Waals surface area contributed by atoms with Crippen LogP contribution < -0.4 is 10.6 Å². The Balaban J connectivity index is 1.89. The minimum absolute atomic E-state index is 0.794. The van der Waals surface area contributed by atoms with Gasteiger partial charge in [-0.3, -0.25) is 0 Å². The van der Waals surface area contributed by atoms with Crippen LogP contribution >= 0.6 is 0 Å². The van der Waals surface area contributed by atoms with E-state index in [9.17, 15) is 0 Å². The lowest BCUT2D eigenvalue weighted by atomic mass is 10.1. The molecule has 1 aliphatic rings. The summed E-state index contributed by atoms with van der Waals surface area (Å²) in [5, 5.41) is 8.04. The van der Waals surface area contributed by atoms with Crippen LogP contribution in [0.15, 0.2) is 24.5 Å². The van der Waals surface area contributed by atoms with Crippen molar-refractivity contribution >= 4 is 11.4 Å². The van der Waals surface area contributed by atoms with Crippen molar-refractivity contribution in [2.45, 2.75) is 20.0 Å². The number of hydrogen-bond acceptors (Lipinski definition) is 4. The summed E-state index contributed by atoms with van der Waals surface area (Å²) in [4.78, 5) is 2.28. The van der Waals surface area contributed by atoms with E-state index in [4.69, 9.17) is 5.73 Å². The highest BCUT2D eigenvalue weighted by atomic mass is 15.3. The van der Waals surface area contributed by atoms with E-state index < -0.39 is 0 Å². The van der Waals surface area contributed by atoms with Gasteiger partial charge < -0.3 is 15.2 Å². The highest BCUT2D eigenvalue weighted by molar-refractivity contribution is 5.59. The van der Waals surface area contributed by atoms with E-state index >= 15 is 0 Å². The third-order valence-electron chi connectivity index (χ3n) is 3.27. The second-order valence-electron chi connectivity index (χ2n) is 4.40. The average Bonchev–Trinajstić information content (AvgIpc) is 2.79. The average molecular weight is 229 g/mol. The Bertz CT molecular complexity index is 546. The van der Waals surface area contributed by atoms with Gasteiger partial charge in [0.2, 0.25) is 0 Å². The summed E-state index contributed by atoms with van der Waals surface area (Å²) in [5.74, 6) is 1.01. The maximum atomic E-state index is 5.94. The van der Waals surface area contributed by atoms with E-state index in [1.54, 1.807) is 6.33 Å². The molecule has 0 saturated carbocycles. The van der Waals surface area contributed by atoms with Gasteiger partial charge in [0.15, 0.2) is 5.82 Å². The van der Waals surface area contributed by atoms with E-state index in [2.05, 4.69) is 31.8 Å². The monoisotopic (exact) mass is 229 g/mol. The highest BCUT2D eigenvalue weighted by Crippen LogP contribution is 2.23. The Labute approximate surface area is 99.9 Å². The summed E-state index contributed by atoms with van der Waals surface area (Å²) in [6, 6.07) is 6.20. The van der Waals surface area contributed by atoms with Crippen LogP contribution in [0.25, 0.3) is 0 Å². The second-order valence-corrected chi connectivity index (χ2v) is 4.40. The van der Waals surface area contributed by atoms with E-state index in [1.807, 2.05) is 13.0 Å². The van der Waals surface area contributed by atoms with Crippen molar-refractivity contribution in [3.05, 3.63) is 35.9 Å². The van der Waals surface area contributed by atoms with Crippen LogP contribution in [0.3, 0.4) is 0 Å². The Hall–Kier alpha value is -2.04. The minimum atomic E-state index is 0.794. The highest BCUT2D eigenvalue weighted by Gasteiger charge is 2.17. The molecule has 2 N–H and O–H groups in total. The van der Waals surface area contributed by atoms with Crippen molar-refractivity contribution in [2.24, 2.45) is 0 Å². The third-order valence-corrected chi connectivity index (χ3v) is 3.27. The molecule has 2 heterocycles. The molecule has 0 fully saturated rings. The second kappa shape index (κ2) is 3.76. The van der Waals surface area contributed by atoms with Crippen molar-refractivity contribution in [1.29, 1.82) is 0 Å². The predicted octanol–water partition coefficient (Wildman–Crippen LogP) is 1.19. The van der Waals surface area contributed by atoms with Crippen LogP contribution in [0.2, 0.25) is 0 Å². The molecule has 88 valence electrons. The van der Waals surface area contributed by atoms with Gasteiger partial charge in [0.25, 0.3) is 0 Å². The number of anilines is 2. The van der Waals surface area contributed by atoms with E-state index in [0.29, 0.717) is 0 Å². The molecular weight excluding hydrogens is 214 g/mol. The lowest BCUT2D eigenvalue weighted by molar-refractivity contribution is 0.560. The number of aryl methyl sites for hydroxylation is 1. The number of rotatable bonds is 1. The Kier molecular flexibility index (Phi) is 2.24. The molecule has 1 aliphatic heterocycles. The summed E-state index contributed by atoms with van der Waals surface area (Å²) in [7, 11) is 0. The molecule has 0 spiro atoms. The van der Waals surface area contributed by atoms with Crippen molar-refractivity contribution < 1.29 is 0 Å². The van der Waals surface area contributed by atoms with Gasteiger partial charge in [-0.1, -0.05) is 6.07 Å². The summed E-state index contributed by atoms with van der Waals surface area (Å²) < 4.78 is 2.09. The van der Waals surface area contributed by atoms with Crippen molar-refractivity contribution in [2.75, 3.05) is 17.2 Å². The van der Waals surface area contributed by atoms with E-state index in [0.717, 1.165) is 42.4 Å². The molecule has 0 atom stereocenters. The van der Waals surface area contributed by atoms with Crippen LogP contribution in [-0.4, -0.2) is 21.3 Å². The van der Waals surface area contributed by atoms with Crippen LogP contribution in [-0.2, 0) is 13.1 Å². The lowest BCUT2D eigenvalue weighted by Gasteiger charge is -2.29. The lowest BCUT2D eigenvalue weighted by Crippen LogP contribution is -2.33. The van der Waals surface area contributed by atoms with Gasteiger partial charge in [0.1, 0.15) is 6.33 Å². The van der Waals surface area contributed by atoms with Crippen molar-refractivity contribution in [1.82, 2.24) is 14.8 Å². The molecule has 0 saturated heterocycles. The number of hydrogen-bond donors (Lipinski definition) is 1. The molecule has 5 heteroatoms. The fraction of sp³-hybridized carbons (Fsp3) is 0.333. The zero-order valence-electron chi connectivity index (χ0n) is 9.80. The standard InChI is InChI=1S/C12H15N5/c1-9-2-3-10(6-11(9)13)16-4-5-17-8-14-15-12(17)7-16/h2-3,6,8H,4-5,7,13H2,1H3. The molecule has 3 rings (SSSR count). The zero-order valence-corrected chi connectivity index (χ0v) is 9.80. The smallest absolute Gasteiger partial charge is 0.152 e. The van der Waals surface area contributed by atoms with E-state index in [-0.39, 0.29) is 0 Å². The molecule has 0 unspecified atom stereocenters. The third kappa shape index (κ3) is 1.73. The summed E-state index contributed by atoms with van der Waals surface area (Å²) in [6.45, 7) is 4.71. The maximum Gasteiger partial charge on any atom is 0.152 e. The SMILES string of the molecule is Cc1ccc(N2CCn3cnnc3C2)cc1N. The molecule has 1 aromatic heterocycles. The molecule has 0 radical (unpaired) electrons. The molecular formula is C12H15N5. The molecule has 2 aromatic rings. The first-order chi connectivity index (χ1) is 8.24. The van der Waals surface area contributed by atoms with Gasteiger partial charge in [-0.25, -0.2) is 0 Å². The number of fused-ring (bicyclic) bond motifs is 1. The van der Waals surface area contributed by atoms with Gasteiger partial charge in [-0.2, -0.15) is 0 Å². The molecule has 17 heavy (non-hydrogen) atoms. The van der Waals surface area contributed by atoms with Crippen LogP contribution in [0, 0.1) is 6.92 Å². The Morgan fingerprint density at radius 1 is 1.29 bits per heavy atom. The molecule has 0 aliphatic carbocycles. The molecule has 0 bridgehead atoms. The number of nitrogen functional groups attached to an aromatic ring is 1. The predicted molar refractivity (Wildman–Crippen MR) is 66.7 cm³/mol. The fourth-order valence-electron chi connectivity index (χ4n) is 2.11. The van der Waals surface area contributed by atoms with Crippen LogP contribution in [0.4, 0.5) is 11.4 Å². The van der Waals surface area contributed by atoms with E-state index in [1.165, 1.54) is 0 Å². The Morgan fingerprint density at radius 2 is 2.18 bits per heavy atom. The van der Waals surface area contributed by atoms with Gasteiger partial charge in [0.05, 0.1) is 6.54 Å². The normalized spacial score (nSPS) is 14.8. The molecule has 0 amide bonds. The first kappa shape index (κ1) is 10.1. The number of aromatic nitrogens is 3. The molecule has 1 aromatic carbocycles. The summed E-state index contributed by atoms with van der Waals surface area (Å²) >= 11 is 0. The van der Waals surface area contributed by atoms with Crippen molar-refractivity contribution in [3.63, 3.8) is 0 Å². The summed E-state index contributed by atoms with van der Waals surface area (Å²) in [6.07, 6.45) is 1.79. The topological polar surface area (TPSA) is 60.0 Å². The quantitative estimate of drug-likeness (QED) is 0.746. The molecule has 5 nitrogen and oxygen atoms in total. The fourth-order valence-corrected chi connectivity index (χ4v) is 2.11. The number of benzene rings is 1. The summed E-state index contributed by atoms with van der Waals surface area (Å²) in [5.41, 5.74) is 9.06.